The highest BCUT2D eigenvalue weighted by Crippen LogP contribution is 2.39. The lowest BCUT2D eigenvalue weighted by atomic mass is 9.98. The van der Waals surface area contributed by atoms with Gasteiger partial charge in [-0.05, 0) is 59.8 Å². The van der Waals surface area contributed by atoms with E-state index in [1.54, 1.807) is 6.92 Å². The van der Waals surface area contributed by atoms with Gasteiger partial charge in [0.1, 0.15) is 0 Å². The van der Waals surface area contributed by atoms with Crippen molar-refractivity contribution in [3.05, 3.63) is 95.1 Å². The lowest BCUT2D eigenvalue weighted by Gasteiger charge is -2.38. The summed E-state index contributed by atoms with van der Waals surface area (Å²) in [7, 11) is 0. The van der Waals surface area contributed by atoms with E-state index in [9.17, 15) is 9.90 Å². The number of carbonyl (C=O) groups is 1. The third-order valence-electron chi connectivity index (χ3n) is 9.72. The smallest absolute Gasteiger partial charge is 0.217 e. The van der Waals surface area contributed by atoms with Gasteiger partial charge >= 0.3 is 0 Å². The van der Waals surface area contributed by atoms with Crippen LogP contribution >= 0.6 is 0 Å². The Hall–Kier alpha value is -3.03. The van der Waals surface area contributed by atoms with Crippen molar-refractivity contribution in [2.45, 2.75) is 136 Å². The number of ether oxygens (including phenoxy) is 2. The van der Waals surface area contributed by atoms with Gasteiger partial charge in [0.05, 0.1) is 18.8 Å². The molecule has 0 aromatic heterocycles. The summed E-state index contributed by atoms with van der Waals surface area (Å²) in [4.78, 5) is 14.1. The van der Waals surface area contributed by atoms with Crippen molar-refractivity contribution < 1.29 is 19.4 Å². The van der Waals surface area contributed by atoms with E-state index in [-0.39, 0.29) is 24.7 Å². The Morgan fingerprint density at radius 3 is 1.96 bits per heavy atom. The standard InChI is InChI=1S/C43H62N2O4/c1-4-6-8-10-12-14-27-45(28-15-13-11-9-7-5-2)32-41-30-42(38-21-19-35(33-46)20-22-38)49-43(48-41)39-25-23-37(24-26-39)40-18-16-17-36(29-40)31-44-34(3)47/h16-26,29,41-43,46H,4-15,27-28,30-33H2,1-3H3,(H,44,47)/t41-,42+,43+/m1/s1. The third-order valence-corrected chi connectivity index (χ3v) is 9.72. The summed E-state index contributed by atoms with van der Waals surface area (Å²) in [5.74, 6) is -0.0314. The predicted molar refractivity (Wildman–Crippen MR) is 201 cm³/mol. The molecule has 0 unspecified atom stereocenters. The van der Waals surface area contributed by atoms with Crippen LogP contribution in [0.1, 0.15) is 139 Å². The monoisotopic (exact) mass is 670 g/mol. The highest BCUT2D eigenvalue weighted by atomic mass is 16.7. The first kappa shape index (κ1) is 38.8. The van der Waals surface area contributed by atoms with Crippen molar-refractivity contribution in [2.24, 2.45) is 0 Å². The van der Waals surface area contributed by atoms with E-state index in [0.717, 1.165) is 59.4 Å². The van der Waals surface area contributed by atoms with Crippen molar-refractivity contribution >= 4 is 5.91 Å². The lowest BCUT2D eigenvalue weighted by Crippen LogP contribution is -2.40. The number of nitrogens with one attached hydrogen (secondary N) is 1. The van der Waals surface area contributed by atoms with Gasteiger partial charge in [0.15, 0.2) is 6.29 Å². The molecule has 0 saturated carbocycles. The molecule has 6 nitrogen and oxygen atoms in total. The van der Waals surface area contributed by atoms with E-state index in [1.807, 2.05) is 24.3 Å². The lowest BCUT2D eigenvalue weighted by molar-refractivity contribution is -0.253. The van der Waals surface area contributed by atoms with Gasteiger partial charge in [0.2, 0.25) is 5.91 Å². The Kier molecular flexibility index (Phi) is 17.3. The number of hydrogen-bond donors (Lipinski definition) is 2. The molecule has 268 valence electrons. The van der Waals surface area contributed by atoms with Gasteiger partial charge in [-0.15, -0.1) is 0 Å². The quantitative estimate of drug-likeness (QED) is 0.104. The number of nitrogens with zero attached hydrogens (tertiary/aromatic N) is 1. The highest BCUT2D eigenvalue weighted by Gasteiger charge is 2.33. The number of carbonyl (C=O) groups excluding carboxylic acids is 1. The van der Waals surface area contributed by atoms with Crippen LogP contribution in [-0.4, -0.2) is 41.7 Å². The molecule has 49 heavy (non-hydrogen) atoms. The number of hydrogen-bond acceptors (Lipinski definition) is 5. The van der Waals surface area contributed by atoms with Crippen molar-refractivity contribution in [1.82, 2.24) is 10.2 Å². The molecule has 0 bridgehead atoms. The van der Waals surface area contributed by atoms with Crippen LogP contribution in [0.3, 0.4) is 0 Å². The average molecular weight is 671 g/mol. The average Bonchev–Trinajstić information content (AvgIpc) is 3.13. The maximum atomic E-state index is 11.4. The van der Waals surface area contributed by atoms with E-state index in [2.05, 4.69) is 72.6 Å². The largest absolute Gasteiger partial charge is 0.392 e. The molecule has 1 saturated heterocycles. The Balaban J connectivity index is 1.48. The van der Waals surface area contributed by atoms with Crippen LogP contribution < -0.4 is 5.32 Å². The molecule has 3 aromatic rings. The van der Waals surface area contributed by atoms with Gasteiger partial charge in [-0.25, -0.2) is 0 Å². The van der Waals surface area contributed by atoms with E-state index in [1.165, 1.54) is 77.0 Å². The SMILES string of the molecule is CCCCCCCCN(CCCCCCCC)C[C@H]1C[C@@H](c2ccc(CO)cc2)O[C@@H](c2ccc(-c3cccc(CNC(C)=O)c3)cc2)O1. The topological polar surface area (TPSA) is 71.0 Å². The molecule has 1 amide bonds. The Morgan fingerprint density at radius 2 is 1.35 bits per heavy atom. The number of benzene rings is 3. The maximum Gasteiger partial charge on any atom is 0.217 e. The molecule has 1 aliphatic heterocycles. The van der Waals surface area contributed by atoms with E-state index in [0.29, 0.717) is 6.54 Å². The summed E-state index contributed by atoms with van der Waals surface area (Å²) in [6, 6.07) is 25.0. The first-order valence-electron chi connectivity index (χ1n) is 19.2. The number of unbranched alkanes of at least 4 members (excludes halogenated alkanes) is 10. The highest BCUT2D eigenvalue weighted by molar-refractivity contribution is 5.73. The maximum absolute atomic E-state index is 11.4. The van der Waals surface area contributed by atoms with E-state index in [4.69, 9.17) is 9.47 Å². The summed E-state index contributed by atoms with van der Waals surface area (Å²) >= 11 is 0. The molecule has 0 spiro atoms. The number of amides is 1. The van der Waals surface area contributed by atoms with Gasteiger partial charge in [0.25, 0.3) is 0 Å². The minimum atomic E-state index is -0.466. The van der Waals surface area contributed by atoms with E-state index >= 15 is 0 Å². The summed E-state index contributed by atoms with van der Waals surface area (Å²) in [6.45, 7) is 9.81. The van der Waals surface area contributed by atoms with Crippen molar-refractivity contribution in [1.29, 1.82) is 0 Å². The Labute approximate surface area is 296 Å². The molecule has 1 fully saturated rings. The molecule has 3 aromatic carbocycles. The molecular formula is C43H62N2O4. The third kappa shape index (κ3) is 13.7. The Morgan fingerprint density at radius 1 is 0.735 bits per heavy atom. The van der Waals surface area contributed by atoms with E-state index < -0.39 is 6.29 Å². The first-order valence-corrected chi connectivity index (χ1v) is 19.2. The van der Waals surface area contributed by atoms with Gasteiger partial charge in [0, 0.05) is 32.0 Å². The van der Waals surface area contributed by atoms with Crippen LogP contribution in [0.2, 0.25) is 0 Å². The normalized spacial score (nSPS) is 17.8. The summed E-state index contributed by atoms with van der Waals surface area (Å²) < 4.78 is 13.5. The fraction of sp³-hybridized carbons (Fsp3) is 0.558. The number of aliphatic hydroxyl groups excluding tert-OH is 1. The minimum absolute atomic E-state index is 0.0314. The first-order chi connectivity index (χ1) is 24.0. The molecular weight excluding hydrogens is 608 g/mol. The second-order valence-electron chi connectivity index (χ2n) is 13.9. The fourth-order valence-corrected chi connectivity index (χ4v) is 6.77. The zero-order chi connectivity index (χ0) is 34.7. The molecule has 2 N–H and O–H groups in total. The van der Waals surface area contributed by atoms with Gasteiger partial charge in [-0.3, -0.25) is 4.79 Å². The van der Waals surface area contributed by atoms with Crippen LogP contribution in [0.15, 0.2) is 72.8 Å². The van der Waals surface area contributed by atoms with Crippen LogP contribution in [0.25, 0.3) is 11.1 Å². The molecule has 0 aliphatic carbocycles. The molecule has 4 rings (SSSR count). The Bertz CT molecular complexity index is 1330. The second-order valence-corrected chi connectivity index (χ2v) is 13.9. The summed E-state index contributed by atoms with van der Waals surface area (Å²) in [6.07, 6.45) is 16.0. The number of aliphatic hydroxyl groups is 1. The molecule has 3 atom stereocenters. The summed E-state index contributed by atoms with van der Waals surface area (Å²) in [5, 5.41) is 12.5. The van der Waals surface area contributed by atoms with Crippen molar-refractivity contribution in [3.8, 4) is 11.1 Å². The van der Waals surface area contributed by atoms with Gasteiger partial charge < -0.3 is 24.8 Å². The molecule has 1 aliphatic rings. The second kappa shape index (κ2) is 21.9. The van der Waals surface area contributed by atoms with Crippen molar-refractivity contribution in [3.63, 3.8) is 0 Å². The number of rotatable bonds is 22. The fourth-order valence-electron chi connectivity index (χ4n) is 6.77. The van der Waals surface area contributed by atoms with Crippen LogP contribution in [-0.2, 0) is 27.4 Å². The summed E-state index contributed by atoms with van der Waals surface area (Å²) in [5.41, 5.74) is 6.34. The predicted octanol–water partition coefficient (Wildman–Crippen LogP) is 10.1. The molecule has 0 radical (unpaired) electrons. The molecule has 1 heterocycles. The van der Waals surface area contributed by atoms with Gasteiger partial charge in [-0.2, -0.15) is 0 Å². The minimum Gasteiger partial charge on any atom is -0.392 e. The zero-order valence-electron chi connectivity index (χ0n) is 30.5. The van der Waals surface area contributed by atoms with Crippen LogP contribution in [0, 0.1) is 0 Å². The zero-order valence-corrected chi connectivity index (χ0v) is 30.5. The van der Waals surface area contributed by atoms with Gasteiger partial charge in [-0.1, -0.05) is 145 Å². The van der Waals surface area contributed by atoms with Crippen LogP contribution in [0.5, 0.6) is 0 Å². The van der Waals surface area contributed by atoms with Crippen LogP contribution in [0.4, 0.5) is 0 Å². The van der Waals surface area contributed by atoms with Crippen molar-refractivity contribution in [2.75, 3.05) is 19.6 Å². The molecule has 6 heteroatoms.